The Labute approximate surface area is 114 Å². The molecule has 1 aromatic carbocycles. The lowest BCUT2D eigenvalue weighted by atomic mass is 9.98. The van der Waals surface area contributed by atoms with Crippen molar-refractivity contribution in [3.05, 3.63) is 53.6 Å². The summed E-state index contributed by atoms with van der Waals surface area (Å²) < 4.78 is 0. The number of ketones is 1. The number of benzene rings is 1. The SMILES string of the molecule is C/C=C\C.C=CC(C)C(=O)c1cc(Cl)ccc1N. The Balaban J connectivity index is 0.000000631. The van der Waals surface area contributed by atoms with E-state index in [-0.39, 0.29) is 11.7 Å². The molecule has 0 fully saturated rings. The third kappa shape index (κ3) is 5.19. The van der Waals surface area contributed by atoms with Crippen LogP contribution >= 0.6 is 11.6 Å². The Morgan fingerprint density at radius 3 is 2.39 bits per heavy atom. The molecule has 1 rings (SSSR count). The number of Topliss-reactive ketones (excluding diaryl/α,β-unsaturated/α-hetero) is 1. The fraction of sp³-hybridized carbons (Fsp3) is 0.267. The van der Waals surface area contributed by atoms with Crippen molar-refractivity contribution < 1.29 is 4.79 Å². The van der Waals surface area contributed by atoms with Gasteiger partial charge >= 0.3 is 0 Å². The highest BCUT2D eigenvalue weighted by Crippen LogP contribution is 2.21. The lowest BCUT2D eigenvalue weighted by Crippen LogP contribution is -2.11. The Hall–Kier alpha value is -1.54. The van der Waals surface area contributed by atoms with E-state index in [2.05, 4.69) is 6.58 Å². The van der Waals surface area contributed by atoms with Crippen LogP contribution in [-0.2, 0) is 0 Å². The first-order chi connectivity index (χ1) is 8.47. The number of carbonyl (C=O) groups excluding carboxylic acids is 1. The molecule has 0 radical (unpaired) electrons. The minimum absolute atomic E-state index is 0.0556. The fourth-order valence-corrected chi connectivity index (χ4v) is 1.27. The van der Waals surface area contributed by atoms with Crippen molar-refractivity contribution in [1.82, 2.24) is 0 Å². The number of halogens is 1. The van der Waals surface area contributed by atoms with Gasteiger partial charge in [0.2, 0.25) is 0 Å². The zero-order valence-electron chi connectivity index (χ0n) is 11.1. The molecule has 0 aliphatic heterocycles. The molecule has 0 spiro atoms. The largest absolute Gasteiger partial charge is 0.398 e. The van der Waals surface area contributed by atoms with Gasteiger partial charge in [-0.15, -0.1) is 6.58 Å². The van der Waals surface area contributed by atoms with Crippen LogP contribution in [0.1, 0.15) is 31.1 Å². The number of hydrogen-bond donors (Lipinski definition) is 1. The van der Waals surface area contributed by atoms with Crippen LogP contribution in [0.3, 0.4) is 0 Å². The molecule has 0 aliphatic carbocycles. The number of nitrogens with two attached hydrogens (primary N) is 1. The van der Waals surface area contributed by atoms with Gasteiger partial charge in [-0.05, 0) is 32.0 Å². The second kappa shape index (κ2) is 8.54. The van der Waals surface area contributed by atoms with Gasteiger partial charge in [0.05, 0.1) is 0 Å². The molecule has 0 amide bonds. The molecular weight excluding hydrogens is 246 g/mol. The first-order valence-electron chi connectivity index (χ1n) is 5.77. The van der Waals surface area contributed by atoms with Crippen molar-refractivity contribution in [3.63, 3.8) is 0 Å². The molecule has 1 atom stereocenters. The van der Waals surface area contributed by atoms with Crippen molar-refractivity contribution >= 4 is 23.1 Å². The third-order valence-corrected chi connectivity index (χ3v) is 2.62. The average Bonchev–Trinajstić information content (AvgIpc) is 2.40. The maximum Gasteiger partial charge on any atom is 0.171 e. The van der Waals surface area contributed by atoms with Crippen molar-refractivity contribution in [3.8, 4) is 0 Å². The summed E-state index contributed by atoms with van der Waals surface area (Å²) in [5, 5.41) is 0.513. The van der Waals surface area contributed by atoms with E-state index in [9.17, 15) is 4.79 Å². The van der Waals surface area contributed by atoms with E-state index < -0.39 is 0 Å². The zero-order valence-corrected chi connectivity index (χ0v) is 11.9. The molecular formula is C15H20ClNO. The Bertz CT molecular complexity index is 434. The number of carbonyl (C=O) groups is 1. The molecule has 1 aromatic rings. The van der Waals surface area contributed by atoms with E-state index in [1.165, 1.54) is 0 Å². The van der Waals surface area contributed by atoms with Crippen LogP contribution in [0.15, 0.2) is 43.0 Å². The molecule has 0 saturated heterocycles. The molecule has 2 N–H and O–H groups in total. The average molecular weight is 266 g/mol. The molecule has 0 aromatic heterocycles. The summed E-state index contributed by atoms with van der Waals surface area (Å²) in [6.45, 7) is 9.34. The molecule has 2 nitrogen and oxygen atoms in total. The van der Waals surface area contributed by atoms with E-state index in [0.29, 0.717) is 16.3 Å². The number of rotatable bonds is 3. The van der Waals surface area contributed by atoms with Gasteiger partial charge in [-0.3, -0.25) is 4.79 Å². The number of anilines is 1. The molecule has 1 unspecified atom stereocenters. The van der Waals surface area contributed by atoms with Crippen LogP contribution in [-0.4, -0.2) is 5.78 Å². The zero-order chi connectivity index (χ0) is 14.1. The summed E-state index contributed by atoms with van der Waals surface area (Å²) in [7, 11) is 0. The molecule has 3 heteroatoms. The van der Waals surface area contributed by atoms with Crippen molar-refractivity contribution in [2.24, 2.45) is 5.92 Å². The minimum atomic E-state index is -0.240. The molecule has 0 aliphatic rings. The normalized spacial score (nSPS) is 11.6. The molecule has 18 heavy (non-hydrogen) atoms. The number of nitrogen functional groups attached to an aromatic ring is 1. The van der Waals surface area contributed by atoms with Crippen LogP contribution in [0, 0.1) is 5.92 Å². The van der Waals surface area contributed by atoms with Gasteiger partial charge in [0.15, 0.2) is 5.78 Å². The van der Waals surface area contributed by atoms with E-state index in [1.807, 2.05) is 26.0 Å². The van der Waals surface area contributed by atoms with Crippen molar-refractivity contribution in [2.75, 3.05) is 5.73 Å². The van der Waals surface area contributed by atoms with E-state index in [4.69, 9.17) is 17.3 Å². The van der Waals surface area contributed by atoms with Gasteiger partial charge in [0.25, 0.3) is 0 Å². The van der Waals surface area contributed by atoms with Crippen molar-refractivity contribution in [1.29, 1.82) is 0 Å². The van der Waals surface area contributed by atoms with Crippen LogP contribution in [0.5, 0.6) is 0 Å². The standard InChI is InChI=1S/C11H12ClNO.C4H8/c1-3-7(2)11(14)9-6-8(12)4-5-10(9)13;1-3-4-2/h3-7H,1,13H2,2H3;3-4H,1-2H3/b;4-3-. The van der Waals surface area contributed by atoms with Gasteiger partial charge in [0.1, 0.15) is 0 Å². The lowest BCUT2D eigenvalue weighted by Gasteiger charge is -2.08. The van der Waals surface area contributed by atoms with Gasteiger partial charge in [0, 0.05) is 22.2 Å². The molecule has 0 bridgehead atoms. The highest BCUT2D eigenvalue weighted by atomic mass is 35.5. The molecule has 0 saturated carbocycles. The smallest absolute Gasteiger partial charge is 0.171 e. The predicted molar refractivity (Wildman–Crippen MR) is 80.0 cm³/mol. The van der Waals surface area contributed by atoms with Crippen LogP contribution < -0.4 is 5.73 Å². The van der Waals surface area contributed by atoms with Gasteiger partial charge in [-0.1, -0.05) is 36.8 Å². The van der Waals surface area contributed by atoms with Crippen molar-refractivity contribution in [2.45, 2.75) is 20.8 Å². The summed E-state index contributed by atoms with van der Waals surface area (Å²) in [5.74, 6) is -0.296. The molecule has 0 heterocycles. The Morgan fingerprint density at radius 2 is 1.94 bits per heavy atom. The van der Waals surface area contributed by atoms with E-state index in [1.54, 1.807) is 31.2 Å². The summed E-state index contributed by atoms with van der Waals surface area (Å²) in [4.78, 5) is 11.7. The molecule has 98 valence electrons. The highest BCUT2D eigenvalue weighted by Gasteiger charge is 2.14. The maximum atomic E-state index is 11.7. The van der Waals surface area contributed by atoms with E-state index in [0.717, 1.165) is 0 Å². The third-order valence-electron chi connectivity index (χ3n) is 2.38. The lowest BCUT2D eigenvalue weighted by molar-refractivity contribution is 0.0954. The van der Waals surface area contributed by atoms with Gasteiger partial charge in [-0.2, -0.15) is 0 Å². The van der Waals surface area contributed by atoms with Crippen LogP contribution in [0.25, 0.3) is 0 Å². The van der Waals surface area contributed by atoms with Crippen LogP contribution in [0.2, 0.25) is 5.02 Å². The van der Waals surface area contributed by atoms with Gasteiger partial charge in [-0.25, -0.2) is 0 Å². The minimum Gasteiger partial charge on any atom is -0.398 e. The first kappa shape index (κ1) is 16.5. The number of hydrogen-bond acceptors (Lipinski definition) is 2. The summed E-state index contributed by atoms with van der Waals surface area (Å²) in [5.41, 5.74) is 6.58. The Kier molecular flexibility index (Phi) is 7.81. The monoisotopic (exact) mass is 265 g/mol. The first-order valence-corrected chi connectivity index (χ1v) is 6.14. The maximum absolute atomic E-state index is 11.7. The topological polar surface area (TPSA) is 43.1 Å². The quantitative estimate of drug-likeness (QED) is 0.496. The second-order valence-corrected chi connectivity index (χ2v) is 4.22. The van der Waals surface area contributed by atoms with E-state index >= 15 is 0 Å². The predicted octanol–water partition coefficient (Wildman–Crippen LogP) is 4.51. The number of allylic oxidation sites excluding steroid dienone is 3. The second-order valence-electron chi connectivity index (χ2n) is 3.79. The summed E-state index contributed by atoms with van der Waals surface area (Å²) in [6.07, 6.45) is 5.59. The fourth-order valence-electron chi connectivity index (χ4n) is 1.09. The van der Waals surface area contributed by atoms with Gasteiger partial charge < -0.3 is 5.73 Å². The Morgan fingerprint density at radius 1 is 1.39 bits per heavy atom. The summed E-state index contributed by atoms with van der Waals surface area (Å²) >= 11 is 5.78. The summed E-state index contributed by atoms with van der Waals surface area (Å²) in [6, 6.07) is 4.87. The highest BCUT2D eigenvalue weighted by molar-refractivity contribution is 6.31. The van der Waals surface area contributed by atoms with Crippen LogP contribution in [0.4, 0.5) is 5.69 Å².